The molecule has 0 aromatic rings. The molecular formula is C20H32O2. The fourth-order valence-corrected chi connectivity index (χ4v) is 8.06. The van der Waals surface area contributed by atoms with Gasteiger partial charge in [-0.15, -0.1) is 0 Å². The van der Waals surface area contributed by atoms with Crippen LogP contribution in [0.1, 0.15) is 78.6 Å². The minimum Gasteiger partial charge on any atom is -0.481 e. The Morgan fingerprint density at radius 1 is 0.955 bits per heavy atom. The maximum atomic E-state index is 11.7. The first kappa shape index (κ1) is 15.0. The van der Waals surface area contributed by atoms with Crippen molar-refractivity contribution in [3.8, 4) is 0 Å². The van der Waals surface area contributed by atoms with Gasteiger partial charge in [-0.05, 0) is 85.4 Å². The third-order valence-corrected chi connectivity index (χ3v) is 8.75. The number of aliphatic carboxylic acids is 1. The minimum absolute atomic E-state index is 0.0400. The van der Waals surface area contributed by atoms with Gasteiger partial charge in [0.25, 0.3) is 0 Å². The summed E-state index contributed by atoms with van der Waals surface area (Å²) in [4.78, 5) is 11.7. The van der Waals surface area contributed by atoms with E-state index in [1.165, 1.54) is 51.4 Å². The highest BCUT2D eigenvalue weighted by Crippen LogP contribution is 2.72. The molecule has 0 aliphatic heterocycles. The van der Waals surface area contributed by atoms with E-state index in [0.29, 0.717) is 22.2 Å². The highest BCUT2D eigenvalue weighted by Gasteiger charge is 2.64. The average Bonchev–Trinajstić information content (AvgIpc) is 2.69. The van der Waals surface area contributed by atoms with Crippen LogP contribution in [-0.4, -0.2) is 11.1 Å². The van der Waals surface area contributed by atoms with E-state index in [-0.39, 0.29) is 5.92 Å². The lowest BCUT2D eigenvalue weighted by molar-refractivity contribution is -0.146. The smallest absolute Gasteiger partial charge is 0.306 e. The zero-order chi connectivity index (χ0) is 15.8. The number of carboxylic acid groups (broad SMARTS) is 1. The molecule has 4 fully saturated rings. The van der Waals surface area contributed by atoms with Crippen LogP contribution in [0.2, 0.25) is 0 Å². The van der Waals surface area contributed by atoms with E-state index in [1.807, 2.05) is 0 Å². The quantitative estimate of drug-likeness (QED) is 0.730. The molecule has 124 valence electrons. The van der Waals surface area contributed by atoms with Gasteiger partial charge in [-0.25, -0.2) is 0 Å². The Balaban J connectivity index is 1.70. The zero-order valence-electron chi connectivity index (χ0n) is 14.5. The molecule has 0 unspecified atom stereocenters. The molecule has 0 aromatic carbocycles. The van der Waals surface area contributed by atoms with Crippen molar-refractivity contribution in [2.24, 2.45) is 39.9 Å². The predicted molar refractivity (Wildman–Crippen MR) is 87.5 cm³/mol. The zero-order valence-corrected chi connectivity index (χ0v) is 14.5. The molecule has 0 aromatic heterocycles. The molecule has 4 aliphatic rings. The van der Waals surface area contributed by atoms with Crippen LogP contribution in [0.5, 0.6) is 0 Å². The second kappa shape index (κ2) is 4.51. The van der Waals surface area contributed by atoms with Crippen LogP contribution in [0.15, 0.2) is 0 Å². The van der Waals surface area contributed by atoms with Gasteiger partial charge in [0.15, 0.2) is 0 Å². The molecule has 4 saturated carbocycles. The fraction of sp³-hybridized carbons (Fsp3) is 0.950. The predicted octanol–water partition coefficient (Wildman–Crippen LogP) is 5.12. The molecule has 0 amide bonds. The van der Waals surface area contributed by atoms with Crippen molar-refractivity contribution < 1.29 is 9.90 Å². The third kappa shape index (κ3) is 1.82. The molecule has 2 bridgehead atoms. The molecule has 4 rings (SSSR count). The molecule has 6 atom stereocenters. The number of hydrogen-bond acceptors (Lipinski definition) is 1. The number of fused-ring (bicyclic) bond motifs is 3. The van der Waals surface area contributed by atoms with Gasteiger partial charge < -0.3 is 5.11 Å². The van der Waals surface area contributed by atoms with Crippen molar-refractivity contribution in [3.05, 3.63) is 0 Å². The van der Waals surface area contributed by atoms with Gasteiger partial charge >= 0.3 is 5.97 Å². The largest absolute Gasteiger partial charge is 0.481 e. The van der Waals surface area contributed by atoms with E-state index in [1.54, 1.807) is 0 Å². The molecule has 0 heterocycles. The Kier molecular flexibility index (Phi) is 3.08. The summed E-state index contributed by atoms with van der Waals surface area (Å²) in [6, 6.07) is 0. The number of carbonyl (C=O) groups is 1. The Labute approximate surface area is 135 Å². The Morgan fingerprint density at radius 3 is 2.45 bits per heavy atom. The highest BCUT2D eigenvalue weighted by atomic mass is 16.4. The molecule has 2 heteroatoms. The Bertz CT molecular complexity index is 496. The lowest BCUT2D eigenvalue weighted by atomic mass is 9.41. The topological polar surface area (TPSA) is 37.3 Å². The lowest BCUT2D eigenvalue weighted by Gasteiger charge is -2.64. The van der Waals surface area contributed by atoms with Gasteiger partial charge in [0.1, 0.15) is 0 Å². The van der Waals surface area contributed by atoms with Crippen LogP contribution in [0.4, 0.5) is 0 Å². The lowest BCUT2D eigenvalue weighted by Crippen LogP contribution is -2.55. The summed E-state index contributed by atoms with van der Waals surface area (Å²) in [5.41, 5.74) is 1.33. The van der Waals surface area contributed by atoms with Crippen molar-refractivity contribution in [1.82, 2.24) is 0 Å². The highest BCUT2D eigenvalue weighted by molar-refractivity contribution is 5.71. The molecular weight excluding hydrogens is 272 g/mol. The van der Waals surface area contributed by atoms with Crippen molar-refractivity contribution >= 4 is 5.97 Å². The summed E-state index contributed by atoms with van der Waals surface area (Å²) in [6.45, 7) is 7.57. The summed E-state index contributed by atoms with van der Waals surface area (Å²) in [5, 5.41) is 9.63. The van der Waals surface area contributed by atoms with Crippen molar-refractivity contribution in [2.75, 3.05) is 0 Å². The molecule has 22 heavy (non-hydrogen) atoms. The summed E-state index contributed by atoms with van der Waals surface area (Å²) >= 11 is 0. The second-order valence-electron chi connectivity index (χ2n) is 10.0. The van der Waals surface area contributed by atoms with E-state index in [0.717, 1.165) is 18.3 Å². The van der Waals surface area contributed by atoms with Crippen LogP contribution >= 0.6 is 0 Å². The average molecular weight is 304 g/mol. The van der Waals surface area contributed by atoms with Gasteiger partial charge in [-0.2, -0.15) is 0 Å². The molecule has 2 nitrogen and oxygen atoms in total. The van der Waals surface area contributed by atoms with Crippen molar-refractivity contribution in [2.45, 2.75) is 78.6 Å². The Hall–Kier alpha value is -0.530. The van der Waals surface area contributed by atoms with E-state index < -0.39 is 5.97 Å². The van der Waals surface area contributed by atoms with Crippen molar-refractivity contribution in [1.29, 1.82) is 0 Å². The normalized spacial score (nSPS) is 52.7. The molecule has 0 saturated heterocycles. The number of carboxylic acids is 1. The molecule has 4 aliphatic carbocycles. The summed E-state index contributed by atoms with van der Waals surface area (Å²) in [7, 11) is 0. The van der Waals surface area contributed by atoms with Crippen LogP contribution in [-0.2, 0) is 4.79 Å². The summed E-state index contributed by atoms with van der Waals surface area (Å²) < 4.78 is 0. The first-order chi connectivity index (χ1) is 10.3. The van der Waals surface area contributed by atoms with Gasteiger partial charge in [-0.3, -0.25) is 4.79 Å². The van der Waals surface area contributed by atoms with E-state index in [9.17, 15) is 9.90 Å². The maximum Gasteiger partial charge on any atom is 0.306 e. The molecule has 1 N–H and O–H groups in total. The summed E-state index contributed by atoms with van der Waals surface area (Å²) in [6.07, 6.45) is 11.5. The van der Waals surface area contributed by atoms with Crippen molar-refractivity contribution in [3.63, 3.8) is 0 Å². The van der Waals surface area contributed by atoms with Gasteiger partial charge in [-0.1, -0.05) is 27.2 Å². The number of hydrogen-bond donors (Lipinski definition) is 1. The first-order valence-corrected chi connectivity index (χ1v) is 9.51. The second-order valence-corrected chi connectivity index (χ2v) is 10.0. The number of rotatable bonds is 1. The monoisotopic (exact) mass is 304 g/mol. The Morgan fingerprint density at radius 2 is 1.73 bits per heavy atom. The van der Waals surface area contributed by atoms with Crippen LogP contribution < -0.4 is 0 Å². The minimum atomic E-state index is -0.515. The van der Waals surface area contributed by atoms with Gasteiger partial charge in [0.05, 0.1) is 5.92 Å². The van der Waals surface area contributed by atoms with Gasteiger partial charge in [0, 0.05) is 0 Å². The van der Waals surface area contributed by atoms with E-state index in [2.05, 4.69) is 20.8 Å². The maximum absolute atomic E-state index is 11.7. The third-order valence-electron chi connectivity index (χ3n) is 8.75. The van der Waals surface area contributed by atoms with Gasteiger partial charge in [0.2, 0.25) is 0 Å². The van der Waals surface area contributed by atoms with E-state index in [4.69, 9.17) is 0 Å². The molecule has 0 radical (unpaired) electrons. The fourth-order valence-electron chi connectivity index (χ4n) is 8.06. The van der Waals surface area contributed by atoms with Crippen LogP contribution in [0.3, 0.4) is 0 Å². The molecule has 1 spiro atoms. The summed E-state index contributed by atoms with van der Waals surface area (Å²) in [5.74, 6) is 1.56. The SMILES string of the molecule is CC1(C)CCC[C@]2(C)[C@@H]1CC[C@@]13C[C@@H](CC[C@H]12)[C@@H](C(=O)O)C3. The van der Waals surface area contributed by atoms with E-state index >= 15 is 0 Å². The van der Waals surface area contributed by atoms with Crippen LogP contribution in [0, 0.1) is 39.9 Å². The van der Waals surface area contributed by atoms with Crippen LogP contribution in [0.25, 0.3) is 0 Å². The standard InChI is InChI=1S/C20H32O2/c1-18(2)8-4-9-19(3)15(18)7-10-20-11-13(5-6-16(19)20)14(12-20)17(21)22/h13-16H,4-12H2,1-3H3,(H,21,22)/t13-,14+,15-,16+,19-,20+/m1/s1. The first-order valence-electron chi connectivity index (χ1n) is 9.51.